The van der Waals surface area contributed by atoms with Crippen molar-refractivity contribution in [3.8, 4) is 0 Å². The lowest BCUT2D eigenvalue weighted by Crippen LogP contribution is -2.45. The normalized spacial score (nSPS) is 18.8. The molecule has 3 heterocycles. The SMILES string of the molecule is CC(C)(C)OC(=O)N(CC1CCCCC1)C1CC1.CC(C)(C)OC(=O)N(CC1CCN(C(=O)OCc2ccccc2)CC1)C1CC1.O=C(OCc1ccccc1)N1CCC(CNC2CC2)CC1.O=CC1CCN(C(=O)OCc2ccccc2)CC1. The van der Waals surface area contributed by atoms with E-state index in [2.05, 4.69) is 5.32 Å². The molecule has 3 saturated heterocycles. The van der Waals surface area contributed by atoms with Crippen molar-refractivity contribution in [3.05, 3.63) is 108 Å². The molecule has 0 atom stereocenters. The number of amides is 5. The molecule has 0 aromatic heterocycles. The van der Waals surface area contributed by atoms with E-state index in [4.69, 9.17) is 23.7 Å². The Morgan fingerprint density at radius 1 is 0.459 bits per heavy atom. The van der Waals surface area contributed by atoms with E-state index >= 15 is 0 Å². The van der Waals surface area contributed by atoms with E-state index in [1.54, 1.807) is 9.80 Å². The lowest BCUT2D eigenvalue weighted by atomic mass is 9.89. The van der Waals surface area contributed by atoms with Crippen molar-refractivity contribution < 1.29 is 52.5 Å². The number of aldehydes is 1. The lowest BCUT2D eigenvalue weighted by Gasteiger charge is -2.35. The zero-order valence-electron chi connectivity index (χ0n) is 52.0. The van der Waals surface area contributed by atoms with Crippen LogP contribution in [0.15, 0.2) is 91.0 Å². The molecule has 5 amide bonds. The first-order chi connectivity index (χ1) is 40.9. The maximum Gasteiger partial charge on any atom is 0.410 e. The Balaban J connectivity index is 0.000000165. The zero-order valence-corrected chi connectivity index (χ0v) is 52.0. The van der Waals surface area contributed by atoms with Gasteiger partial charge in [-0.2, -0.15) is 0 Å². The number of nitrogens with one attached hydrogen (secondary N) is 1. The van der Waals surface area contributed by atoms with E-state index in [0.717, 1.165) is 119 Å². The average Bonchev–Trinajstić information content (AvgIpc) is 4.51. The van der Waals surface area contributed by atoms with Crippen LogP contribution in [0.2, 0.25) is 0 Å². The van der Waals surface area contributed by atoms with Crippen LogP contribution in [0, 0.1) is 23.7 Å². The Morgan fingerprint density at radius 2 is 0.800 bits per heavy atom. The summed E-state index contributed by atoms with van der Waals surface area (Å²) in [5.74, 6) is 1.91. The van der Waals surface area contributed by atoms with Gasteiger partial charge in [-0.15, -0.1) is 0 Å². The summed E-state index contributed by atoms with van der Waals surface area (Å²) in [7, 11) is 0. The minimum Gasteiger partial charge on any atom is -0.445 e. The fourth-order valence-corrected chi connectivity index (χ4v) is 11.0. The number of hydrogen-bond acceptors (Lipinski definition) is 12. The Labute approximate surface area is 507 Å². The number of benzene rings is 3. The summed E-state index contributed by atoms with van der Waals surface area (Å²) < 4.78 is 27.2. The number of carbonyl (C=O) groups is 6. The molecule has 3 aliphatic heterocycles. The molecular weight excluding hydrogens is 1080 g/mol. The van der Waals surface area contributed by atoms with Crippen molar-refractivity contribution in [1.29, 1.82) is 0 Å². The highest BCUT2D eigenvalue weighted by Crippen LogP contribution is 2.34. The van der Waals surface area contributed by atoms with Crippen molar-refractivity contribution in [3.63, 3.8) is 0 Å². The number of nitrogens with zero attached hydrogens (tertiary/aromatic N) is 5. The fourth-order valence-electron chi connectivity index (χ4n) is 11.0. The number of rotatable bonds is 16. The standard InChI is InChI=1S/C22H32N2O4.C17H24N2O2.C15H27NO2.C14H17NO3/c1-22(2,3)28-21(26)24(19-9-10-19)15-17-11-13-23(14-12-17)20(25)27-16-18-7-5-4-6-8-18;20-17(21-13-15-4-2-1-3-5-15)19-10-8-14(9-11-19)12-18-16-6-7-16;1-15(2,3)18-14(17)16(13-9-10-13)11-12-7-5-4-6-8-12;16-10-12-6-8-15(9-7-12)14(17)18-11-13-4-2-1-3-5-13/h4-8,17,19H,9-16H2,1-3H3;1-5,14,16,18H,6-13H2;12-13H,4-11H2,1-3H3;1-5,10,12H,6-9,11H2. The maximum atomic E-state index is 12.5. The minimum atomic E-state index is -0.476. The second kappa shape index (κ2) is 33.5. The maximum absolute atomic E-state index is 12.5. The third-order valence-electron chi connectivity index (χ3n) is 16.5. The van der Waals surface area contributed by atoms with Crippen LogP contribution in [0.25, 0.3) is 0 Å². The van der Waals surface area contributed by atoms with Crippen LogP contribution in [-0.2, 0) is 48.3 Å². The molecule has 7 fully saturated rings. The highest BCUT2D eigenvalue weighted by molar-refractivity contribution is 5.70. The Morgan fingerprint density at radius 3 is 1.13 bits per heavy atom. The quantitative estimate of drug-likeness (QED) is 0.106. The topological polar surface area (TPSA) is 177 Å². The summed E-state index contributed by atoms with van der Waals surface area (Å²) in [5.41, 5.74) is 2.15. The summed E-state index contributed by atoms with van der Waals surface area (Å²) in [6, 6.07) is 30.7. The smallest absolute Gasteiger partial charge is 0.410 e. The van der Waals surface area contributed by atoms with Gasteiger partial charge in [0.2, 0.25) is 0 Å². The monoisotopic (exact) mass is 1180 g/mol. The molecule has 0 spiro atoms. The number of carbonyl (C=O) groups excluding carboxylic acids is 6. The Bertz CT molecular complexity index is 2470. The van der Waals surface area contributed by atoms with Gasteiger partial charge in [-0.05, 0) is 172 Å². The zero-order chi connectivity index (χ0) is 60.6. The largest absolute Gasteiger partial charge is 0.445 e. The predicted octanol–water partition coefficient (Wildman–Crippen LogP) is 13.4. The van der Waals surface area contributed by atoms with Gasteiger partial charge in [-0.1, -0.05) is 110 Å². The van der Waals surface area contributed by atoms with Crippen molar-refractivity contribution in [2.24, 2.45) is 23.7 Å². The van der Waals surface area contributed by atoms with Crippen LogP contribution in [0.4, 0.5) is 24.0 Å². The molecule has 1 N–H and O–H groups in total. The third kappa shape index (κ3) is 25.2. The second-order valence-corrected chi connectivity index (χ2v) is 26.4. The summed E-state index contributed by atoms with van der Waals surface area (Å²) in [6.07, 6.45) is 19.1. The van der Waals surface area contributed by atoms with Gasteiger partial charge in [-0.3, -0.25) is 0 Å². The van der Waals surface area contributed by atoms with Crippen LogP contribution < -0.4 is 5.32 Å². The molecule has 0 radical (unpaired) electrons. The fraction of sp³-hybridized carbons (Fsp3) is 0.647. The van der Waals surface area contributed by atoms with Gasteiger partial charge in [0.1, 0.15) is 37.3 Å². The molecular formula is C68H100N6O11. The van der Waals surface area contributed by atoms with Crippen molar-refractivity contribution in [2.45, 2.75) is 200 Å². The van der Waals surface area contributed by atoms with E-state index in [-0.39, 0.29) is 42.0 Å². The number of hydrogen-bond donors (Lipinski definition) is 1. The summed E-state index contributed by atoms with van der Waals surface area (Å²) in [6.45, 7) is 19.4. The van der Waals surface area contributed by atoms with Crippen LogP contribution in [0.1, 0.15) is 167 Å². The van der Waals surface area contributed by atoms with Crippen LogP contribution >= 0.6 is 0 Å². The molecule has 17 nitrogen and oxygen atoms in total. The molecule has 468 valence electrons. The summed E-state index contributed by atoms with van der Waals surface area (Å²) in [5, 5.41) is 3.58. The Hall–Kier alpha value is -6.36. The Kier molecular flexibility index (Phi) is 26.1. The van der Waals surface area contributed by atoms with Gasteiger partial charge in [0.25, 0.3) is 0 Å². The lowest BCUT2D eigenvalue weighted by molar-refractivity contribution is -0.112. The molecule has 0 unspecified atom stereocenters. The number of ether oxygens (including phenoxy) is 5. The van der Waals surface area contributed by atoms with E-state index in [1.165, 1.54) is 44.9 Å². The van der Waals surface area contributed by atoms with Crippen molar-refractivity contribution in [1.82, 2.24) is 29.8 Å². The number of piperidine rings is 3. The van der Waals surface area contributed by atoms with E-state index in [1.807, 2.05) is 147 Å². The van der Waals surface area contributed by atoms with Gasteiger partial charge in [0.15, 0.2) is 0 Å². The molecule has 7 aliphatic rings. The van der Waals surface area contributed by atoms with Gasteiger partial charge in [0.05, 0.1) is 0 Å². The molecule has 3 aromatic rings. The van der Waals surface area contributed by atoms with E-state index in [9.17, 15) is 28.8 Å². The molecule has 85 heavy (non-hydrogen) atoms. The first-order valence-corrected chi connectivity index (χ1v) is 31.9. The average molecular weight is 1180 g/mol. The molecule has 10 rings (SSSR count). The molecule has 17 heteroatoms. The molecule has 4 saturated carbocycles. The predicted molar refractivity (Wildman–Crippen MR) is 328 cm³/mol. The highest BCUT2D eigenvalue weighted by atomic mass is 16.6. The first-order valence-electron chi connectivity index (χ1n) is 31.9. The molecule has 3 aromatic carbocycles. The summed E-state index contributed by atoms with van der Waals surface area (Å²) >= 11 is 0. The highest BCUT2D eigenvalue weighted by Gasteiger charge is 2.39. The van der Waals surface area contributed by atoms with Crippen LogP contribution in [-0.4, -0.2) is 149 Å². The van der Waals surface area contributed by atoms with Gasteiger partial charge < -0.3 is 58.3 Å². The third-order valence-corrected chi connectivity index (χ3v) is 16.5. The second-order valence-electron chi connectivity index (χ2n) is 26.4. The van der Waals surface area contributed by atoms with Gasteiger partial charge in [-0.25, -0.2) is 24.0 Å². The van der Waals surface area contributed by atoms with E-state index < -0.39 is 5.60 Å². The van der Waals surface area contributed by atoms with Crippen molar-refractivity contribution in [2.75, 3.05) is 58.9 Å². The van der Waals surface area contributed by atoms with Crippen LogP contribution in [0.5, 0.6) is 0 Å². The van der Waals surface area contributed by atoms with Gasteiger partial charge in [0, 0.05) is 76.4 Å². The van der Waals surface area contributed by atoms with Crippen molar-refractivity contribution >= 4 is 36.8 Å². The van der Waals surface area contributed by atoms with Gasteiger partial charge >= 0.3 is 30.5 Å². The number of likely N-dealkylation sites (tertiary alicyclic amines) is 3. The van der Waals surface area contributed by atoms with Crippen LogP contribution in [0.3, 0.4) is 0 Å². The van der Waals surface area contributed by atoms with E-state index in [0.29, 0.717) is 82.4 Å². The first kappa shape index (κ1) is 66.2. The molecule has 0 bridgehead atoms. The summed E-state index contributed by atoms with van der Waals surface area (Å²) in [4.78, 5) is 80.7. The minimum absolute atomic E-state index is 0.100. The molecule has 4 aliphatic carbocycles.